The SMILES string of the molecule is O=C(CCN1CCC(CNc2ccccn2)C1)N1CCOCC1. The van der Waals surface area contributed by atoms with Gasteiger partial charge in [0, 0.05) is 45.3 Å². The number of aromatic nitrogens is 1. The van der Waals surface area contributed by atoms with Gasteiger partial charge in [0.15, 0.2) is 0 Å². The minimum absolute atomic E-state index is 0.267. The molecule has 2 aliphatic heterocycles. The topological polar surface area (TPSA) is 57.7 Å². The average Bonchev–Trinajstić information content (AvgIpc) is 3.07. The Morgan fingerprint density at radius 3 is 2.96 bits per heavy atom. The first-order chi connectivity index (χ1) is 11.3. The van der Waals surface area contributed by atoms with Gasteiger partial charge in [-0.05, 0) is 31.0 Å². The number of carbonyl (C=O) groups is 1. The summed E-state index contributed by atoms with van der Waals surface area (Å²) in [6.45, 7) is 6.82. The third-order valence-electron chi connectivity index (χ3n) is 4.61. The zero-order valence-electron chi connectivity index (χ0n) is 13.6. The number of hydrogen-bond acceptors (Lipinski definition) is 5. The lowest BCUT2D eigenvalue weighted by molar-refractivity contribution is -0.135. The standard InChI is InChI=1S/C17H26N4O2/c22-17(21-9-11-23-12-10-21)5-8-20-7-4-15(14-20)13-19-16-3-1-2-6-18-16/h1-3,6,15H,4-5,7-14H2,(H,18,19). The molecule has 6 heteroatoms. The average molecular weight is 318 g/mol. The van der Waals surface area contributed by atoms with Crippen molar-refractivity contribution in [3.8, 4) is 0 Å². The van der Waals surface area contributed by atoms with E-state index in [1.54, 1.807) is 6.20 Å². The van der Waals surface area contributed by atoms with Crippen molar-refractivity contribution in [2.45, 2.75) is 12.8 Å². The molecule has 6 nitrogen and oxygen atoms in total. The minimum Gasteiger partial charge on any atom is -0.378 e. The van der Waals surface area contributed by atoms with E-state index in [1.165, 1.54) is 6.42 Å². The molecule has 126 valence electrons. The van der Waals surface area contributed by atoms with Gasteiger partial charge in [0.05, 0.1) is 13.2 Å². The number of ether oxygens (including phenoxy) is 1. The van der Waals surface area contributed by atoms with Crippen molar-refractivity contribution in [1.29, 1.82) is 0 Å². The van der Waals surface area contributed by atoms with Gasteiger partial charge < -0.3 is 19.9 Å². The van der Waals surface area contributed by atoms with Crippen LogP contribution in [-0.2, 0) is 9.53 Å². The summed E-state index contributed by atoms with van der Waals surface area (Å²) in [5, 5.41) is 3.40. The maximum absolute atomic E-state index is 12.2. The summed E-state index contributed by atoms with van der Waals surface area (Å²) in [4.78, 5) is 20.8. The lowest BCUT2D eigenvalue weighted by Crippen LogP contribution is -2.41. The zero-order valence-corrected chi connectivity index (χ0v) is 13.6. The summed E-state index contributed by atoms with van der Waals surface area (Å²) >= 11 is 0. The van der Waals surface area contributed by atoms with Crippen LogP contribution in [0.1, 0.15) is 12.8 Å². The predicted octanol–water partition coefficient (Wildman–Crippen LogP) is 1.06. The summed E-state index contributed by atoms with van der Waals surface area (Å²) in [5.74, 6) is 1.84. The van der Waals surface area contributed by atoms with Crippen LogP contribution in [0, 0.1) is 5.92 Å². The van der Waals surface area contributed by atoms with Crippen molar-refractivity contribution in [2.75, 3.05) is 57.8 Å². The van der Waals surface area contributed by atoms with Gasteiger partial charge in [-0.1, -0.05) is 6.07 Å². The van der Waals surface area contributed by atoms with Gasteiger partial charge in [-0.15, -0.1) is 0 Å². The van der Waals surface area contributed by atoms with Crippen LogP contribution in [0.5, 0.6) is 0 Å². The predicted molar refractivity (Wildman–Crippen MR) is 89.3 cm³/mol. The third-order valence-corrected chi connectivity index (χ3v) is 4.61. The second-order valence-electron chi connectivity index (χ2n) is 6.29. The van der Waals surface area contributed by atoms with E-state index in [4.69, 9.17) is 4.74 Å². The molecule has 0 aliphatic carbocycles. The Labute approximate surface area is 137 Å². The Kier molecular flexibility index (Phi) is 5.82. The molecule has 1 amide bonds. The number of carbonyl (C=O) groups excluding carboxylic acids is 1. The quantitative estimate of drug-likeness (QED) is 0.850. The van der Waals surface area contributed by atoms with Gasteiger partial charge >= 0.3 is 0 Å². The Bertz CT molecular complexity index is 491. The van der Waals surface area contributed by atoms with Crippen LogP contribution < -0.4 is 5.32 Å². The van der Waals surface area contributed by atoms with E-state index in [0.717, 1.165) is 45.1 Å². The summed E-state index contributed by atoms with van der Waals surface area (Å²) in [5.41, 5.74) is 0. The van der Waals surface area contributed by atoms with E-state index in [0.29, 0.717) is 25.6 Å². The highest BCUT2D eigenvalue weighted by atomic mass is 16.5. The fourth-order valence-corrected chi connectivity index (χ4v) is 3.22. The van der Waals surface area contributed by atoms with Gasteiger partial charge in [0.25, 0.3) is 0 Å². The second-order valence-corrected chi connectivity index (χ2v) is 6.29. The number of rotatable bonds is 6. The molecule has 2 aliphatic rings. The van der Waals surface area contributed by atoms with Gasteiger partial charge in [-0.25, -0.2) is 4.98 Å². The highest BCUT2D eigenvalue weighted by Crippen LogP contribution is 2.17. The summed E-state index contributed by atoms with van der Waals surface area (Å²) in [7, 11) is 0. The molecule has 23 heavy (non-hydrogen) atoms. The number of anilines is 1. The molecule has 1 atom stereocenters. The van der Waals surface area contributed by atoms with E-state index in [9.17, 15) is 4.79 Å². The molecular weight excluding hydrogens is 292 g/mol. The van der Waals surface area contributed by atoms with Crippen molar-refractivity contribution in [2.24, 2.45) is 5.92 Å². The molecule has 0 spiro atoms. The number of morpholine rings is 1. The lowest BCUT2D eigenvalue weighted by Gasteiger charge is -2.27. The molecule has 1 N–H and O–H groups in total. The number of nitrogens with one attached hydrogen (secondary N) is 1. The summed E-state index contributed by atoms with van der Waals surface area (Å²) in [6, 6.07) is 5.91. The normalized spacial score (nSPS) is 22.3. The highest BCUT2D eigenvalue weighted by Gasteiger charge is 2.24. The van der Waals surface area contributed by atoms with Gasteiger partial charge in [-0.2, -0.15) is 0 Å². The van der Waals surface area contributed by atoms with E-state index in [1.807, 2.05) is 23.1 Å². The van der Waals surface area contributed by atoms with Crippen molar-refractivity contribution in [3.63, 3.8) is 0 Å². The molecule has 0 radical (unpaired) electrons. The lowest BCUT2D eigenvalue weighted by atomic mass is 10.1. The van der Waals surface area contributed by atoms with Crippen LogP contribution in [-0.4, -0.2) is 73.2 Å². The van der Waals surface area contributed by atoms with Crippen LogP contribution in [0.3, 0.4) is 0 Å². The van der Waals surface area contributed by atoms with Crippen LogP contribution >= 0.6 is 0 Å². The third kappa shape index (κ3) is 4.91. The maximum atomic E-state index is 12.2. The van der Waals surface area contributed by atoms with Crippen LogP contribution in [0.2, 0.25) is 0 Å². The number of nitrogens with zero attached hydrogens (tertiary/aromatic N) is 3. The number of pyridine rings is 1. The van der Waals surface area contributed by atoms with Crippen molar-refractivity contribution < 1.29 is 9.53 Å². The molecular formula is C17H26N4O2. The molecule has 3 rings (SSSR count). The molecule has 1 unspecified atom stereocenters. The van der Waals surface area contributed by atoms with E-state index < -0.39 is 0 Å². The first-order valence-corrected chi connectivity index (χ1v) is 8.54. The zero-order chi connectivity index (χ0) is 15.9. The minimum atomic E-state index is 0.267. The molecule has 0 bridgehead atoms. The molecule has 2 fully saturated rings. The largest absolute Gasteiger partial charge is 0.378 e. The summed E-state index contributed by atoms with van der Waals surface area (Å²) in [6.07, 6.45) is 3.62. The van der Waals surface area contributed by atoms with Crippen LogP contribution in [0.15, 0.2) is 24.4 Å². The molecule has 0 aromatic carbocycles. The Morgan fingerprint density at radius 2 is 2.17 bits per heavy atom. The van der Waals surface area contributed by atoms with Crippen molar-refractivity contribution >= 4 is 11.7 Å². The highest BCUT2D eigenvalue weighted by molar-refractivity contribution is 5.76. The molecule has 3 heterocycles. The van der Waals surface area contributed by atoms with Gasteiger partial charge in [-0.3, -0.25) is 4.79 Å². The van der Waals surface area contributed by atoms with Gasteiger partial charge in [0.2, 0.25) is 5.91 Å². The van der Waals surface area contributed by atoms with Crippen molar-refractivity contribution in [3.05, 3.63) is 24.4 Å². The number of hydrogen-bond donors (Lipinski definition) is 1. The van der Waals surface area contributed by atoms with Crippen molar-refractivity contribution in [1.82, 2.24) is 14.8 Å². The van der Waals surface area contributed by atoms with Gasteiger partial charge in [0.1, 0.15) is 5.82 Å². The summed E-state index contributed by atoms with van der Waals surface area (Å²) < 4.78 is 5.29. The fourth-order valence-electron chi connectivity index (χ4n) is 3.22. The second kappa shape index (κ2) is 8.26. The van der Waals surface area contributed by atoms with E-state index >= 15 is 0 Å². The monoisotopic (exact) mass is 318 g/mol. The molecule has 2 saturated heterocycles. The van der Waals surface area contributed by atoms with Crippen LogP contribution in [0.25, 0.3) is 0 Å². The molecule has 1 aromatic rings. The first kappa shape index (κ1) is 16.2. The Hall–Kier alpha value is -1.66. The number of amides is 1. The maximum Gasteiger partial charge on any atom is 0.224 e. The molecule has 0 saturated carbocycles. The Morgan fingerprint density at radius 1 is 1.30 bits per heavy atom. The van der Waals surface area contributed by atoms with Crippen LogP contribution in [0.4, 0.5) is 5.82 Å². The van der Waals surface area contributed by atoms with E-state index in [2.05, 4.69) is 15.2 Å². The molecule has 1 aromatic heterocycles. The van der Waals surface area contributed by atoms with E-state index in [-0.39, 0.29) is 5.91 Å². The Balaban J connectivity index is 1.34. The number of likely N-dealkylation sites (tertiary alicyclic amines) is 1. The smallest absolute Gasteiger partial charge is 0.224 e. The first-order valence-electron chi connectivity index (χ1n) is 8.54. The fraction of sp³-hybridized carbons (Fsp3) is 0.647.